The Kier molecular flexibility index (Phi) is 6.30. The predicted octanol–water partition coefficient (Wildman–Crippen LogP) is 2.83. The van der Waals surface area contributed by atoms with Crippen molar-refractivity contribution in [2.45, 2.75) is 39.2 Å². The molecule has 0 unspecified atom stereocenters. The summed E-state index contributed by atoms with van der Waals surface area (Å²) in [6, 6.07) is 13.4. The summed E-state index contributed by atoms with van der Waals surface area (Å²) in [5.74, 6) is -1.12. The van der Waals surface area contributed by atoms with Crippen molar-refractivity contribution >= 4 is 17.6 Å². The number of amides is 1. The summed E-state index contributed by atoms with van der Waals surface area (Å²) < 4.78 is 0. The van der Waals surface area contributed by atoms with Crippen LogP contribution in [0, 0.1) is 24.2 Å². The Balaban J connectivity index is 1.61. The molecule has 0 aliphatic carbocycles. The molecule has 6 nitrogen and oxygen atoms in total. The first kappa shape index (κ1) is 20.6. The van der Waals surface area contributed by atoms with E-state index in [1.54, 1.807) is 12.1 Å². The highest BCUT2D eigenvalue weighted by Crippen LogP contribution is 2.29. The van der Waals surface area contributed by atoms with Crippen molar-refractivity contribution in [3.63, 3.8) is 0 Å². The van der Waals surface area contributed by atoms with Gasteiger partial charge in [-0.3, -0.25) is 9.59 Å². The maximum atomic E-state index is 12.5. The molecule has 0 saturated heterocycles. The zero-order valence-corrected chi connectivity index (χ0v) is 16.7. The number of aryl methyl sites for hydroxylation is 1. The lowest BCUT2D eigenvalue weighted by molar-refractivity contribution is -0.136. The summed E-state index contributed by atoms with van der Waals surface area (Å²) in [5.41, 5.74) is 5.09. The number of carbonyl (C=O) groups excluding carboxylic acids is 1. The van der Waals surface area contributed by atoms with Crippen LogP contribution in [0.4, 0.5) is 5.69 Å². The lowest BCUT2D eigenvalue weighted by Crippen LogP contribution is -2.44. The maximum Gasteiger partial charge on any atom is 0.307 e. The molecule has 0 radical (unpaired) electrons. The molecule has 2 aromatic rings. The fourth-order valence-electron chi connectivity index (χ4n) is 3.79. The van der Waals surface area contributed by atoms with Gasteiger partial charge in [0.05, 0.1) is 24.0 Å². The molecule has 29 heavy (non-hydrogen) atoms. The second-order valence-corrected chi connectivity index (χ2v) is 7.57. The molecular formula is C23H25N3O3. The highest BCUT2D eigenvalue weighted by Gasteiger charge is 2.31. The first-order valence-electron chi connectivity index (χ1n) is 9.75. The molecule has 0 aromatic heterocycles. The highest BCUT2D eigenvalue weighted by atomic mass is 16.4. The second-order valence-electron chi connectivity index (χ2n) is 7.57. The minimum Gasteiger partial charge on any atom is -0.481 e. The zero-order valence-electron chi connectivity index (χ0n) is 16.7. The standard InChI is InChI=1S/C23H25N3O3/c1-14-6-7-16(10-18(14)11-22(27)28)8-9-25-15(2)19-12-20-17(13-24)4-3-5-21(20)26-23(19)29/h3-7,10,15,19,25H,8-9,11-12H2,1-2H3,(H,26,29)(H,27,28)/t15-,19+/m1/s1. The fraction of sp³-hybridized carbons (Fsp3) is 0.348. The van der Waals surface area contributed by atoms with Crippen molar-refractivity contribution in [2.75, 3.05) is 11.9 Å². The highest BCUT2D eigenvalue weighted by molar-refractivity contribution is 5.96. The minimum absolute atomic E-state index is 0.0202. The lowest BCUT2D eigenvalue weighted by Gasteiger charge is -2.30. The van der Waals surface area contributed by atoms with Crippen molar-refractivity contribution in [2.24, 2.45) is 5.92 Å². The molecule has 2 aromatic carbocycles. The number of nitrogens with zero attached hydrogens (tertiary/aromatic N) is 1. The number of carboxylic acids is 1. The average Bonchev–Trinajstić information content (AvgIpc) is 2.68. The van der Waals surface area contributed by atoms with Crippen LogP contribution >= 0.6 is 0 Å². The number of fused-ring (bicyclic) bond motifs is 1. The molecule has 1 heterocycles. The van der Waals surface area contributed by atoms with Crippen LogP contribution in [0.2, 0.25) is 0 Å². The first-order chi connectivity index (χ1) is 13.9. The SMILES string of the molecule is Cc1ccc(CCN[C@H](C)[C@@H]2Cc3c(C#N)cccc3NC2=O)cc1CC(=O)O. The van der Waals surface area contributed by atoms with E-state index in [2.05, 4.69) is 16.7 Å². The molecule has 6 heteroatoms. The van der Waals surface area contributed by atoms with E-state index in [0.717, 1.165) is 34.4 Å². The Hall–Kier alpha value is -3.17. The van der Waals surface area contributed by atoms with Gasteiger partial charge in [0, 0.05) is 11.7 Å². The smallest absolute Gasteiger partial charge is 0.307 e. The lowest BCUT2D eigenvalue weighted by atomic mass is 9.86. The number of hydrogen-bond acceptors (Lipinski definition) is 4. The van der Waals surface area contributed by atoms with E-state index in [0.29, 0.717) is 18.5 Å². The summed E-state index contributed by atoms with van der Waals surface area (Å²) >= 11 is 0. The fourth-order valence-corrected chi connectivity index (χ4v) is 3.79. The molecular weight excluding hydrogens is 366 g/mol. The average molecular weight is 391 g/mol. The molecule has 0 bridgehead atoms. The molecule has 1 aliphatic rings. The number of carboxylic acid groups (broad SMARTS) is 1. The van der Waals surface area contributed by atoms with Crippen molar-refractivity contribution in [3.05, 3.63) is 64.2 Å². The Morgan fingerprint density at radius 2 is 2.17 bits per heavy atom. The van der Waals surface area contributed by atoms with E-state index < -0.39 is 5.97 Å². The van der Waals surface area contributed by atoms with Crippen molar-refractivity contribution in [1.82, 2.24) is 5.32 Å². The Labute approximate surface area is 170 Å². The molecule has 3 N–H and O–H groups in total. The second kappa shape index (κ2) is 8.89. The monoisotopic (exact) mass is 391 g/mol. The van der Waals surface area contributed by atoms with Gasteiger partial charge in [0.2, 0.25) is 5.91 Å². The van der Waals surface area contributed by atoms with Crippen LogP contribution in [0.25, 0.3) is 0 Å². The van der Waals surface area contributed by atoms with Crippen LogP contribution in [0.15, 0.2) is 36.4 Å². The van der Waals surface area contributed by atoms with Crippen LogP contribution in [-0.4, -0.2) is 29.6 Å². The Bertz CT molecular complexity index is 978. The number of rotatable bonds is 7. The van der Waals surface area contributed by atoms with Gasteiger partial charge in [-0.1, -0.05) is 24.3 Å². The zero-order chi connectivity index (χ0) is 21.0. The number of nitrogens with one attached hydrogen (secondary N) is 2. The number of aliphatic carboxylic acids is 1. The van der Waals surface area contributed by atoms with E-state index in [1.807, 2.05) is 38.1 Å². The van der Waals surface area contributed by atoms with Gasteiger partial charge in [-0.15, -0.1) is 0 Å². The van der Waals surface area contributed by atoms with Crippen LogP contribution < -0.4 is 10.6 Å². The van der Waals surface area contributed by atoms with Gasteiger partial charge in [-0.2, -0.15) is 5.26 Å². The summed E-state index contributed by atoms with van der Waals surface area (Å²) in [6.45, 7) is 4.57. The van der Waals surface area contributed by atoms with E-state index in [-0.39, 0.29) is 24.3 Å². The Morgan fingerprint density at radius 1 is 1.38 bits per heavy atom. The van der Waals surface area contributed by atoms with Crippen molar-refractivity contribution in [1.29, 1.82) is 5.26 Å². The quantitative estimate of drug-likeness (QED) is 0.674. The van der Waals surface area contributed by atoms with Crippen LogP contribution in [0.3, 0.4) is 0 Å². The molecule has 2 atom stereocenters. The van der Waals surface area contributed by atoms with E-state index in [9.17, 15) is 14.9 Å². The van der Waals surface area contributed by atoms with Crippen LogP contribution in [-0.2, 0) is 28.9 Å². The van der Waals surface area contributed by atoms with Gasteiger partial charge in [0.25, 0.3) is 0 Å². The largest absolute Gasteiger partial charge is 0.481 e. The summed E-state index contributed by atoms with van der Waals surface area (Å²) in [7, 11) is 0. The number of nitriles is 1. The van der Waals surface area contributed by atoms with Gasteiger partial charge >= 0.3 is 5.97 Å². The predicted molar refractivity (Wildman–Crippen MR) is 111 cm³/mol. The van der Waals surface area contributed by atoms with Gasteiger partial charge < -0.3 is 15.7 Å². The number of carbonyl (C=O) groups is 2. The minimum atomic E-state index is -0.836. The number of anilines is 1. The summed E-state index contributed by atoms with van der Waals surface area (Å²) in [4.78, 5) is 23.5. The van der Waals surface area contributed by atoms with E-state index >= 15 is 0 Å². The maximum absolute atomic E-state index is 12.5. The van der Waals surface area contributed by atoms with Gasteiger partial charge in [0.1, 0.15) is 0 Å². The molecule has 1 aliphatic heterocycles. The molecule has 0 spiro atoms. The van der Waals surface area contributed by atoms with Gasteiger partial charge in [-0.05, 0) is 67.6 Å². The topological polar surface area (TPSA) is 102 Å². The van der Waals surface area contributed by atoms with Crippen molar-refractivity contribution < 1.29 is 14.7 Å². The summed E-state index contributed by atoms with van der Waals surface area (Å²) in [6.07, 6.45) is 1.30. The van der Waals surface area contributed by atoms with Crippen LogP contribution in [0.5, 0.6) is 0 Å². The molecule has 150 valence electrons. The van der Waals surface area contributed by atoms with Gasteiger partial charge in [0.15, 0.2) is 0 Å². The molecule has 0 saturated carbocycles. The van der Waals surface area contributed by atoms with Gasteiger partial charge in [-0.25, -0.2) is 0 Å². The first-order valence-corrected chi connectivity index (χ1v) is 9.75. The molecule has 1 amide bonds. The van der Waals surface area contributed by atoms with E-state index in [4.69, 9.17) is 5.11 Å². The molecule has 0 fully saturated rings. The normalized spacial score (nSPS) is 16.4. The molecule has 3 rings (SSSR count). The number of hydrogen-bond donors (Lipinski definition) is 3. The third-order valence-electron chi connectivity index (χ3n) is 5.55. The van der Waals surface area contributed by atoms with Crippen LogP contribution in [0.1, 0.15) is 34.7 Å². The summed E-state index contributed by atoms with van der Waals surface area (Å²) in [5, 5.41) is 24.7. The third kappa shape index (κ3) is 4.82. The third-order valence-corrected chi connectivity index (χ3v) is 5.55. The van der Waals surface area contributed by atoms with E-state index in [1.165, 1.54) is 0 Å². The Morgan fingerprint density at radius 3 is 2.90 bits per heavy atom. The number of benzene rings is 2. The van der Waals surface area contributed by atoms with Crippen molar-refractivity contribution in [3.8, 4) is 6.07 Å².